The van der Waals surface area contributed by atoms with E-state index in [1.807, 2.05) is 19.1 Å². The van der Waals surface area contributed by atoms with Crippen LogP contribution in [0.1, 0.15) is 17.8 Å². The van der Waals surface area contributed by atoms with Gasteiger partial charge in [0.2, 0.25) is 5.82 Å². The molecule has 116 valence electrons. The molecule has 0 atom stereocenters. The Labute approximate surface area is 133 Å². The van der Waals surface area contributed by atoms with Crippen LogP contribution in [0.15, 0.2) is 30.5 Å². The molecular formula is C15H10ClF2N5. The van der Waals surface area contributed by atoms with Crippen molar-refractivity contribution in [2.45, 2.75) is 13.3 Å². The third-order valence-corrected chi connectivity index (χ3v) is 3.98. The maximum Gasteiger partial charge on any atom is 0.299 e. The second kappa shape index (κ2) is 4.99. The third kappa shape index (κ3) is 2.16. The fourth-order valence-electron chi connectivity index (χ4n) is 2.65. The largest absolute Gasteiger partial charge is 0.299 e. The summed E-state index contributed by atoms with van der Waals surface area (Å²) in [6.07, 6.45) is -1.06. The zero-order valence-electron chi connectivity index (χ0n) is 11.9. The van der Waals surface area contributed by atoms with Gasteiger partial charge in [0.05, 0.1) is 22.4 Å². The first-order chi connectivity index (χ1) is 11.0. The molecule has 0 unspecified atom stereocenters. The van der Waals surface area contributed by atoms with E-state index < -0.39 is 12.2 Å². The van der Waals surface area contributed by atoms with Crippen molar-refractivity contribution < 1.29 is 8.78 Å². The Balaban J connectivity index is 2.04. The summed E-state index contributed by atoms with van der Waals surface area (Å²) in [4.78, 5) is 3.86. The van der Waals surface area contributed by atoms with Crippen LogP contribution in [-0.2, 0) is 0 Å². The molecule has 0 saturated carbocycles. The maximum atomic E-state index is 12.9. The van der Waals surface area contributed by atoms with Gasteiger partial charge >= 0.3 is 0 Å². The average molecular weight is 334 g/mol. The SMILES string of the molecule is Cc1ccc2nc(C(F)F)nn2c1-c1cc(Cl)c2[nH]ncc2c1. The molecule has 1 aromatic carbocycles. The van der Waals surface area contributed by atoms with Gasteiger partial charge in [0, 0.05) is 10.9 Å². The highest BCUT2D eigenvalue weighted by atomic mass is 35.5. The molecule has 4 rings (SSSR count). The van der Waals surface area contributed by atoms with E-state index in [1.165, 1.54) is 4.52 Å². The molecule has 0 radical (unpaired) electrons. The number of aromatic amines is 1. The molecule has 4 aromatic rings. The lowest BCUT2D eigenvalue weighted by Crippen LogP contribution is -1.98. The van der Waals surface area contributed by atoms with E-state index >= 15 is 0 Å². The number of fused-ring (bicyclic) bond motifs is 2. The molecular weight excluding hydrogens is 324 g/mol. The van der Waals surface area contributed by atoms with Crippen molar-refractivity contribution in [1.82, 2.24) is 24.8 Å². The minimum absolute atomic E-state index is 0.365. The smallest absolute Gasteiger partial charge is 0.276 e. The molecule has 3 aromatic heterocycles. The summed E-state index contributed by atoms with van der Waals surface area (Å²) in [5, 5.41) is 12.1. The van der Waals surface area contributed by atoms with Crippen LogP contribution in [0.5, 0.6) is 0 Å². The van der Waals surface area contributed by atoms with Gasteiger partial charge in [-0.2, -0.15) is 5.10 Å². The molecule has 0 spiro atoms. The Morgan fingerprint density at radius 3 is 2.87 bits per heavy atom. The molecule has 0 aliphatic rings. The van der Waals surface area contributed by atoms with E-state index in [1.54, 1.807) is 18.3 Å². The summed E-state index contributed by atoms with van der Waals surface area (Å²) < 4.78 is 27.2. The first-order valence-electron chi connectivity index (χ1n) is 6.82. The molecule has 5 nitrogen and oxygen atoms in total. The minimum Gasteiger partial charge on any atom is -0.276 e. The summed E-state index contributed by atoms with van der Waals surface area (Å²) in [6.45, 7) is 1.88. The van der Waals surface area contributed by atoms with Gasteiger partial charge in [0.15, 0.2) is 5.65 Å². The number of pyridine rings is 1. The normalized spacial score (nSPS) is 11.9. The van der Waals surface area contributed by atoms with Crippen LogP contribution in [-0.4, -0.2) is 24.8 Å². The summed E-state index contributed by atoms with van der Waals surface area (Å²) in [5.41, 5.74) is 3.41. The predicted octanol–water partition coefficient (Wildman–Crippen LogP) is 4.17. The van der Waals surface area contributed by atoms with Gasteiger partial charge in [-0.3, -0.25) is 5.10 Å². The van der Waals surface area contributed by atoms with Crippen LogP contribution in [0.2, 0.25) is 5.02 Å². The topological polar surface area (TPSA) is 58.9 Å². The maximum absolute atomic E-state index is 12.9. The molecule has 0 aliphatic heterocycles. The number of nitrogens with zero attached hydrogens (tertiary/aromatic N) is 4. The number of H-pyrrole nitrogens is 1. The Morgan fingerprint density at radius 2 is 2.09 bits per heavy atom. The van der Waals surface area contributed by atoms with Crippen molar-refractivity contribution in [2.75, 3.05) is 0 Å². The molecule has 8 heteroatoms. The Morgan fingerprint density at radius 1 is 1.26 bits per heavy atom. The van der Waals surface area contributed by atoms with Crippen LogP contribution >= 0.6 is 11.6 Å². The summed E-state index contributed by atoms with van der Waals surface area (Å²) >= 11 is 6.28. The van der Waals surface area contributed by atoms with Gasteiger partial charge in [-0.1, -0.05) is 17.7 Å². The zero-order valence-corrected chi connectivity index (χ0v) is 12.6. The number of aryl methyl sites for hydroxylation is 1. The molecule has 1 N–H and O–H groups in total. The predicted molar refractivity (Wildman–Crippen MR) is 82.8 cm³/mol. The van der Waals surface area contributed by atoms with Crippen molar-refractivity contribution >= 4 is 28.2 Å². The van der Waals surface area contributed by atoms with Crippen LogP contribution in [0.3, 0.4) is 0 Å². The zero-order chi connectivity index (χ0) is 16.1. The number of rotatable bonds is 2. The fourth-order valence-corrected chi connectivity index (χ4v) is 2.92. The van der Waals surface area contributed by atoms with E-state index in [-0.39, 0.29) is 0 Å². The highest BCUT2D eigenvalue weighted by molar-refractivity contribution is 6.35. The average Bonchev–Trinajstić information content (AvgIpc) is 3.13. The van der Waals surface area contributed by atoms with Crippen LogP contribution in [0.4, 0.5) is 8.78 Å². The molecule has 0 fully saturated rings. The highest BCUT2D eigenvalue weighted by Crippen LogP contribution is 2.32. The quantitative estimate of drug-likeness (QED) is 0.599. The van der Waals surface area contributed by atoms with E-state index in [0.717, 1.165) is 22.0 Å². The monoisotopic (exact) mass is 333 g/mol. The number of benzene rings is 1. The van der Waals surface area contributed by atoms with E-state index in [0.29, 0.717) is 16.4 Å². The van der Waals surface area contributed by atoms with Gasteiger partial charge in [0.1, 0.15) is 0 Å². The lowest BCUT2D eigenvalue weighted by Gasteiger charge is -2.09. The van der Waals surface area contributed by atoms with E-state index in [9.17, 15) is 8.78 Å². The van der Waals surface area contributed by atoms with E-state index in [4.69, 9.17) is 11.6 Å². The number of hydrogen-bond donors (Lipinski definition) is 1. The number of hydrogen-bond acceptors (Lipinski definition) is 3. The Hall–Kier alpha value is -2.54. The summed E-state index contributed by atoms with van der Waals surface area (Å²) in [5.74, 6) is -0.493. The Bertz CT molecular complexity index is 1040. The molecule has 23 heavy (non-hydrogen) atoms. The van der Waals surface area contributed by atoms with Gasteiger partial charge in [-0.25, -0.2) is 18.3 Å². The lowest BCUT2D eigenvalue weighted by molar-refractivity contribution is 0.140. The van der Waals surface area contributed by atoms with Gasteiger partial charge < -0.3 is 0 Å². The Kier molecular flexibility index (Phi) is 3.05. The number of aromatic nitrogens is 5. The standard InChI is InChI=1S/C15H10ClF2N5/c1-7-2-3-11-20-15(14(17)18)22-23(11)13(7)8-4-9-6-19-21-12(9)10(16)5-8/h2-6,14H,1H3,(H,19,21). The van der Waals surface area contributed by atoms with Crippen molar-refractivity contribution in [1.29, 1.82) is 0 Å². The van der Waals surface area contributed by atoms with Crippen molar-refractivity contribution in [2.24, 2.45) is 0 Å². The second-order valence-corrected chi connectivity index (χ2v) is 5.61. The number of halogens is 3. The fraction of sp³-hybridized carbons (Fsp3) is 0.133. The van der Waals surface area contributed by atoms with Crippen molar-refractivity contribution in [3.8, 4) is 11.3 Å². The molecule has 0 saturated heterocycles. The number of alkyl halides is 2. The van der Waals surface area contributed by atoms with E-state index in [2.05, 4.69) is 20.3 Å². The molecule has 0 bridgehead atoms. The summed E-state index contributed by atoms with van der Waals surface area (Å²) in [6, 6.07) is 7.13. The van der Waals surface area contributed by atoms with Crippen LogP contribution in [0, 0.1) is 6.92 Å². The van der Waals surface area contributed by atoms with Crippen molar-refractivity contribution in [3.05, 3.63) is 46.9 Å². The van der Waals surface area contributed by atoms with Crippen LogP contribution < -0.4 is 0 Å². The number of nitrogens with one attached hydrogen (secondary N) is 1. The minimum atomic E-state index is -2.72. The first-order valence-corrected chi connectivity index (χ1v) is 7.20. The highest BCUT2D eigenvalue weighted by Gasteiger charge is 2.18. The van der Waals surface area contributed by atoms with Gasteiger partial charge in [-0.15, -0.1) is 5.10 Å². The van der Waals surface area contributed by atoms with Gasteiger partial charge in [0.25, 0.3) is 6.43 Å². The molecule has 0 aliphatic carbocycles. The second-order valence-electron chi connectivity index (χ2n) is 5.20. The van der Waals surface area contributed by atoms with Crippen LogP contribution in [0.25, 0.3) is 27.8 Å². The molecule has 3 heterocycles. The lowest BCUT2D eigenvalue weighted by atomic mass is 10.0. The van der Waals surface area contributed by atoms with Gasteiger partial charge in [-0.05, 0) is 30.7 Å². The van der Waals surface area contributed by atoms with Crippen molar-refractivity contribution in [3.63, 3.8) is 0 Å². The summed E-state index contributed by atoms with van der Waals surface area (Å²) in [7, 11) is 0. The first kappa shape index (κ1) is 14.1. The third-order valence-electron chi connectivity index (χ3n) is 3.69. The molecule has 0 amide bonds.